The molecule has 1 aliphatic heterocycles. The predicted molar refractivity (Wildman–Crippen MR) is 73.3 cm³/mol. The maximum atomic E-state index is 12.4. The summed E-state index contributed by atoms with van der Waals surface area (Å²) >= 11 is 3.42. The minimum atomic E-state index is -0.188. The van der Waals surface area contributed by atoms with Gasteiger partial charge in [-0.3, -0.25) is 14.5 Å². The number of aryl methyl sites for hydroxylation is 1. The van der Waals surface area contributed by atoms with Crippen LogP contribution < -0.4 is 0 Å². The van der Waals surface area contributed by atoms with Crippen LogP contribution in [0.2, 0.25) is 0 Å². The summed E-state index contributed by atoms with van der Waals surface area (Å²) < 4.78 is 0.780. The Hall–Kier alpha value is -1.16. The molecule has 96 valence electrons. The number of imide groups is 1. The summed E-state index contributed by atoms with van der Waals surface area (Å²) in [4.78, 5) is 25.6. The van der Waals surface area contributed by atoms with Crippen molar-refractivity contribution in [2.24, 2.45) is 5.92 Å². The lowest BCUT2D eigenvalue weighted by molar-refractivity contribution is -0.125. The molecule has 2 rings (SSSR count). The summed E-state index contributed by atoms with van der Waals surface area (Å²) in [6, 6.07) is 5.53. The van der Waals surface area contributed by atoms with Gasteiger partial charge < -0.3 is 0 Å². The lowest BCUT2D eigenvalue weighted by Gasteiger charge is -2.16. The zero-order valence-corrected chi connectivity index (χ0v) is 12.2. The second kappa shape index (κ2) is 5.22. The highest BCUT2D eigenvalue weighted by Gasteiger charge is 2.33. The Morgan fingerprint density at radius 3 is 2.83 bits per heavy atom. The standard InChI is InChI=1S/C14H16BrNO2/c1-3-10-7-12(17)16(8-10)14(18)11-6-4-5-9(2)13(11)15/h4-6,10H,3,7-8H2,1-2H3. The Morgan fingerprint density at radius 1 is 1.50 bits per heavy atom. The first-order valence-electron chi connectivity index (χ1n) is 6.14. The number of halogens is 1. The van der Waals surface area contributed by atoms with Crippen molar-refractivity contribution < 1.29 is 9.59 Å². The van der Waals surface area contributed by atoms with Gasteiger partial charge in [0.25, 0.3) is 5.91 Å². The van der Waals surface area contributed by atoms with Crippen molar-refractivity contribution in [2.75, 3.05) is 6.54 Å². The van der Waals surface area contributed by atoms with Gasteiger partial charge in [-0.1, -0.05) is 25.5 Å². The highest BCUT2D eigenvalue weighted by molar-refractivity contribution is 9.10. The van der Waals surface area contributed by atoms with Crippen molar-refractivity contribution in [2.45, 2.75) is 26.7 Å². The molecule has 1 saturated heterocycles. The van der Waals surface area contributed by atoms with Gasteiger partial charge in [0.1, 0.15) is 0 Å². The Balaban J connectivity index is 2.27. The molecule has 18 heavy (non-hydrogen) atoms. The smallest absolute Gasteiger partial charge is 0.261 e. The van der Waals surface area contributed by atoms with Gasteiger partial charge in [-0.05, 0) is 40.4 Å². The summed E-state index contributed by atoms with van der Waals surface area (Å²) in [5, 5.41) is 0. The quantitative estimate of drug-likeness (QED) is 0.787. The van der Waals surface area contributed by atoms with Crippen LogP contribution in [0, 0.1) is 12.8 Å². The van der Waals surface area contributed by atoms with E-state index in [2.05, 4.69) is 22.9 Å². The number of carbonyl (C=O) groups is 2. The van der Waals surface area contributed by atoms with Gasteiger partial charge in [-0.25, -0.2) is 0 Å². The van der Waals surface area contributed by atoms with Crippen molar-refractivity contribution in [3.05, 3.63) is 33.8 Å². The number of hydrogen-bond donors (Lipinski definition) is 0. The van der Waals surface area contributed by atoms with Crippen LogP contribution in [0.4, 0.5) is 0 Å². The van der Waals surface area contributed by atoms with E-state index < -0.39 is 0 Å². The Kier molecular flexibility index (Phi) is 3.85. The van der Waals surface area contributed by atoms with E-state index in [-0.39, 0.29) is 11.8 Å². The third kappa shape index (κ3) is 2.34. The zero-order chi connectivity index (χ0) is 13.3. The molecule has 0 aliphatic carbocycles. The molecule has 1 aromatic carbocycles. The number of rotatable bonds is 2. The highest BCUT2D eigenvalue weighted by Crippen LogP contribution is 2.26. The molecule has 0 aromatic heterocycles. The van der Waals surface area contributed by atoms with Crippen LogP contribution >= 0.6 is 15.9 Å². The molecule has 2 amide bonds. The van der Waals surface area contributed by atoms with E-state index >= 15 is 0 Å². The van der Waals surface area contributed by atoms with Crippen LogP contribution in [0.5, 0.6) is 0 Å². The van der Waals surface area contributed by atoms with E-state index in [1.165, 1.54) is 4.90 Å². The SMILES string of the molecule is CCC1CC(=O)N(C(=O)c2cccc(C)c2Br)C1. The number of hydrogen-bond acceptors (Lipinski definition) is 2. The van der Waals surface area contributed by atoms with Crippen molar-refractivity contribution in [1.29, 1.82) is 0 Å². The molecule has 4 heteroatoms. The molecular formula is C14H16BrNO2. The molecule has 0 saturated carbocycles. The molecule has 0 bridgehead atoms. The number of likely N-dealkylation sites (tertiary alicyclic amines) is 1. The topological polar surface area (TPSA) is 37.4 Å². The fraction of sp³-hybridized carbons (Fsp3) is 0.429. The monoisotopic (exact) mass is 309 g/mol. The van der Waals surface area contributed by atoms with Crippen LogP contribution in [-0.2, 0) is 4.79 Å². The van der Waals surface area contributed by atoms with Gasteiger partial charge in [0.15, 0.2) is 0 Å². The summed E-state index contributed by atoms with van der Waals surface area (Å²) in [5.74, 6) is 0.0665. The summed E-state index contributed by atoms with van der Waals surface area (Å²) in [7, 11) is 0. The van der Waals surface area contributed by atoms with Crippen molar-refractivity contribution in [1.82, 2.24) is 4.90 Å². The molecule has 0 radical (unpaired) electrons. The molecule has 0 N–H and O–H groups in total. The first kappa shape index (κ1) is 13.3. The van der Waals surface area contributed by atoms with Crippen molar-refractivity contribution in [3.8, 4) is 0 Å². The normalized spacial score (nSPS) is 19.4. The second-order valence-corrected chi connectivity index (χ2v) is 5.52. The van der Waals surface area contributed by atoms with Crippen LogP contribution in [0.1, 0.15) is 35.7 Å². The Morgan fingerprint density at radius 2 is 2.22 bits per heavy atom. The van der Waals surface area contributed by atoms with Crippen LogP contribution in [0.25, 0.3) is 0 Å². The molecule has 1 aromatic rings. The number of nitrogens with zero attached hydrogens (tertiary/aromatic N) is 1. The fourth-order valence-electron chi connectivity index (χ4n) is 2.21. The highest BCUT2D eigenvalue weighted by atomic mass is 79.9. The van der Waals surface area contributed by atoms with Gasteiger partial charge in [-0.15, -0.1) is 0 Å². The second-order valence-electron chi connectivity index (χ2n) is 4.72. The Labute approximate surface area is 115 Å². The Bertz CT molecular complexity index is 499. The summed E-state index contributed by atoms with van der Waals surface area (Å²) in [6.45, 7) is 4.53. The first-order valence-corrected chi connectivity index (χ1v) is 6.93. The largest absolute Gasteiger partial charge is 0.278 e. The van der Waals surface area contributed by atoms with Gasteiger partial charge >= 0.3 is 0 Å². The molecule has 1 heterocycles. The first-order chi connectivity index (χ1) is 8.54. The maximum Gasteiger partial charge on any atom is 0.261 e. The van der Waals surface area contributed by atoms with Crippen molar-refractivity contribution >= 4 is 27.7 Å². The predicted octanol–water partition coefficient (Wildman–Crippen LogP) is 3.16. The number of carbonyl (C=O) groups excluding carboxylic acids is 2. The van der Waals surface area contributed by atoms with E-state index in [0.717, 1.165) is 16.5 Å². The third-order valence-corrected chi connectivity index (χ3v) is 4.50. The van der Waals surface area contributed by atoms with E-state index in [1.54, 1.807) is 6.07 Å². The lowest BCUT2D eigenvalue weighted by Crippen LogP contribution is -2.32. The number of benzene rings is 1. The van der Waals surface area contributed by atoms with Crippen molar-refractivity contribution in [3.63, 3.8) is 0 Å². The van der Waals surface area contributed by atoms with Crippen LogP contribution in [0.3, 0.4) is 0 Å². The molecule has 1 aliphatic rings. The number of amides is 2. The minimum Gasteiger partial charge on any atom is -0.278 e. The average Bonchev–Trinajstić information content (AvgIpc) is 2.73. The molecular weight excluding hydrogens is 294 g/mol. The van der Waals surface area contributed by atoms with Gasteiger partial charge in [0.2, 0.25) is 5.91 Å². The lowest BCUT2D eigenvalue weighted by atomic mass is 10.1. The molecule has 0 spiro atoms. The van der Waals surface area contributed by atoms with E-state index in [4.69, 9.17) is 0 Å². The van der Waals surface area contributed by atoms with E-state index in [9.17, 15) is 9.59 Å². The van der Waals surface area contributed by atoms with E-state index in [0.29, 0.717) is 24.4 Å². The fourth-order valence-corrected chi connectivity index (χ4v) is 2.64. The molecule has 3 nitrogen and oxygen atoms in total. The maximum absolute atomic E-state index is 12.4. The van der Waals surface area contributed by atoms with E-state index in [1.807, 2.05) is 19.1 Å². The average molecular weight is 310 g/mol. The summed E-state index contributed by atoms with van der Waals surface area (Å²) in [6.07, 6.45) is 1.43. The molecule has 1 atom stereocenters. The minimum absolute atomic E-state index is 0.0553. The van der Waals surface area contributed by atoms with Gasteiger partial charge in [0, 0.05) is 17.4 Å². The third-order valence-electron chi connectivity index (χ3n) is 3.45. The molecule has 1 fully saturated rings. The zero-order valence-electron chi connectivity index (χ0n) is 10.6. The molecule has 1 unspecified atom stereocenters. The van der Waals surface area contributed by atoms with Gasteiger partial charge in [-0.2, -0.15) is 0 Å². The summed E-state index contributed by atoms with van der Waals surface area (Å²) in [5.41, 5.74) is 1.57. The van der Waals surface area contributed by atoms with Crippen LogP contribution in [0.15, 0.2) is 22.7 Å². The van der Waals surface area contributed by atoms with Gasteiger partial charge in [0.05, 0.1) is 5.56 Å². The van der Waals surface area contributed by atoms with Crippen LogP contribution in [-0.4, -0.2) is 23.3 Å².